The summed E-state index contributed by atoms with van der Waals surface area (Å²) in [5.41, 5.74) is 1.78. The van der Waals surface area contributed by atoms with Crippen molar-refractivity contribution in [1.29, 1.82) is 0 Å². The normalized spacial score (nSPS) is 16.6. The van der Waals surface area contributed by atoms with E-state index in [4.69, 9.17) is 16.3 Å². The van der Waals surface area contributed by atoms with E-state index in [2.05, 4.69) is 0 Å². The molecule has 1 saturated heterocycles. The average Bonchev–Trinajstić information content (AvgIpc) is 3.07. The molecule has 0 saturated carbocycles. The number of amides is 2. The van der Waals surface area contributed by atoms with Crippen LogP contribution in [0.15, 0.2) is 54.6 Å². The number of carbonyl (C=O) groups excluding carboxylic acids is 2. The molecule has 2 aromatic carbocycles. The molecule has 0 aliphatic carbocycles. The van der Waals surface area contributed by atoms with Gasteiger partial charge in [-0.3, -0.25) is 9.59 Å². The van der Waals surface area contributed by atoms with Crippen molar-refractivity contribution in [3.63, 3.8) is 0 Å². The predicted molar refractivity (Wildman–Crippen MR) is 106 cm³/mol. The van der Waals surface area contributed by atoms with Crippen molar-refractivity contribution in [3.8, 4) is 0 Å². The maximum absolute atomic E-state index is 13.1. The third-order valence-corrected chi connectivity index (χ3v) is 4.92. The van der Waals surface area contributed by atoms with E-state index < -0.39 is 0 Å². The van der Waals surface area contributed by atoms with Gasteiger partial charge in [0.05, 0.1) is 12.5 Å². The number of ether oxygens (including phenoxy) is 1. The Morgan fingerprint density at radius 1 is 1.22 bits per heavy atom. The fourth-order valence-corrected chi connectivity index (χ4v) is 3.48. The van der Waals surface area contributed by atoms with E-state index in [0.29, 0.717) is 31.3 Å². The lowest BCUT2D eigenvalue weighted by Crippen LogP contribution is -2.39. The van der Waals surface area contributed by atoms with Crippen molar-refractivity contribution < 1.29 is 14.3 Å². The smallest absolute Gasteiger partial charge is 0.228 e. The molecular weight excluding hydrogens is 364 g/mol. The second-order valence-corrected chi connectivity index (χ2v) is 7.06. The maximum atomic E-state index is 13.1. The van der Waals surface area contributed by atoms with Crippen LogP contribution >= 0.6 is 11.6 Å². The van der Waals surface area contributed by atoms with Crippen LogP contribution in [0, 0.1) is 5.92 Å². The highest BCUT2D eigenvalue weighted by molar-refractivity contribution is 6.31. The van der Waals surface area contributed by atoms with Crippen LogP contribution in [0.3, 0.4) is 0 Å². The standard InChI is InChI=1S/C21H23ClN2O3/c1-27-11-10-23(14-16-6-3-2-4-7-16)21(26)17-12-20(25)24(15-17)19-9-5-8-18(22)13-19/h2-9,13,17H,10-12,14-15H2,1H3. The summed E-state index contributed by atoms with van der Waals surface area (Å²) in [4.78, 5) is 29.0. The summed E-state index contributed by atoms with van der Waals surface area (Å²) in [6, 6.07) is 17.0. The van der Waals surface area contributed by atoms with Gasteiger partial charge in [0.15, 0.2) is 0 Å². The van der Waals surface area contributed by atoms with E-state index in [1.54, 1.807) is 35.1 Å². The van der Waals surface area contributed by atoms with Crippen LogP contribution in [0.1, 0.15) is 12.0 Å². The predicted octanol–water partition coefficient (Wildman–Crippen LogP) is 3.37. The Labute approximate surface area is 164 Å². The molecule has 2 amide bonds. The van der Waals surface area contributed by atoms with Crippen LogP contribution in [0.25, 0.3) is 0 Å². The minimum absolute atomic E-state index is 0.0196. The lowest BCUT2D eigenvalue weighted by molar-refractivity contribution is -0.137. The molecule has 1 heterocycles. The van der Waals surface area contributed by atoms with E-state index in [1.807, 2.05) is 36.4 Å². The van der Waals surface area contributed by atoms with Crippen molar-refractivity contribution in [3.05, 3.63) is 65.2 Å². The van der Waals surface area contributed by atoms with Crippen LogP contribution < -0.4 is 4.90 Å². The Hall–Kier alpha value is -2.37. The molecule has 0 N–H and O–H groups in total. The van der Waals surface area contributed by atoms with E-state index in [9.17, 15) is 9.59 Å². The fourth-order valence-electron chi connectivity index (χ4n) is 3.30. The van der Waals surface area contributed by atoms with Crippen molar-refractivity contribution >= 4 is 29.1 Å². The Balaban J connectivity index is 1.72. The number of hydrogen-bond donors (Lipinski definition) is 0. The molecule has 3 rings (SSSR count). The van der Waals surface area contributed by atoms with Crippen LogP contribution in [-0.2, 0) is 20.9 Å². The van der Waals surface area contributed by atoms with Crippen molar-refractivity contribution in [1.82, 2.24) is 4.90 Å². The monoisotopic (exact) mass is 386 g/mol. The van der Waals surface area contributed by atoms with Gasteiger partial charge in [-0.2, -0.15) is 0 Å². The third-order valence-electron chi connectivity index (χ3n) is 4.69. The Kier molecular flexibility index (Phi) is 6.48. The first-order valence-electron chi connectivity index (χ1n) is 8.96. The molecule has 5 nitrogen and oxygen atoms in total. The first-order chi connectivity index (χ1) is 13.1. The number of anilines is 1. The molecule has 1 atom stereocenters. The summed E-state index contributed by atoms with van der Waals surface area (Å²) in [6.45, 7) is 1.82. The lowest BCUT2D eigenvalue weighted by atomic mass is 10.1. The Bertz CT molecular complexity index is 797. The average molecular weight is 387 g/mol. The van der Waals surface area contributed by atoms with Gasteiger partial charge >= 0.3 is 0 Å². The Morgan fingerprint density at radius 2 is 2.00 bits per heavy atom. The molecule has 0 aromatic heterocycles. The minimum atomic E-state index is -0.364. The van der Waals surface area contributed by atoms with Crippen molar-refractivity contribution in [2.45, 2.75) is 13.0 Å². The van der Waals surface area contributed by atoms with Crippen LogP contribution in [0.5, 0.6) is 0 Å². The lowest BCUT2D eigenvalue weighted by Gasteiger charge is -2.25. The number of nitrogens with zero attached hydrogens (tertiary/aromatic N) is 2. The van der Waals surface area contributed by atoms with Gasteiger partial charge < -0.3 is 14.5 Å². The molecule has 0 spiro atoms. The van der Waals surface area contributed by atoms with Crippen molar-refractivity contribution in [2.24, 2.45) is 5.92 Å². The molecule has 0 bridgehead atoms. The number of rotatable bonds is 7. The maximum Gasteiger partial charge on any atom is 0.228 e. The number of benzene rings is 2. The minimum Gasteiger partial charge on any atom is -0.383 e. The van der Waals surface area contributed by atoms with Gasteiger partial charge in [0.25, 0.3) is 0 Å². The molecular formula is C21H23ClN2O3. The number of carbonyl (C=O) groups is 2. The molecule has 142 valence electrons. The summed E-state index contributed by atoms with van der Waals surface area (Å²) < 4.78 is 5.16. The first kappa shape index (κ1) is 19.4. The topological polar surface area (TPSA) is 49.9 Å². The highest BCUT2D eigenvalue weighted by atomic mass is 35.5. The molecule has 1 fully saturated rings. The van der Waals surface area contributed by atoms with Crippen LogP contribution in [0.4, 0.5) is 5.69 Å². The van der Waals surface area contributed by atoms with Gasteiger partial charge in [0, 0.05) is 43.9 Å². The second-order valence-electron chi connectivity index (χ2n) is 6.62. The largest absolute Gasteiger partial charge is 0.383 e. The van der Waals surface area contributed by atoms with E-state index in [-0.39, 0.29) is 24.2 Å². The van der Waals surface area contributed by atoms with Crippen LogP contribution in [-0.4, -0.2) is 43.5 Å². The summed E-state index contributed by atoms with van der Waals surface area (Å²) in [7, 11) is 1.62. The zero-order valence-electron chi connectivity index (χ0n) is 15.3. The molecule has 2 aromatic rings. The first-order valence-corrected chi connectivity index (χ1v) is 9.34. The van der Waals surface area contributed by atoms with Crippen molar-refractivity contribution in [2.75, 3.05) is 31.7 Å². The number of methoxy groups -OCH3 is 1. The summed E-state index contributed by atoms with van der Waals surface area (Å²) >= 11 is 6.04. The molecule has 0 radical (unpaired) electrons. The Morgan fingerprint density at radius 3 is 2.70 bits per heavy atom. The zero-order valence-corrected chi connectivity index (χ0v) is 16.1. The van der Waals surface area contributed by atoms with E-state index in [1.165, 1.54) is 0 Å². The second kappa shape index (κ2) is 9.02. The van der Waals surface area contributed by atoms with Gasteiger partial charge in [-0.1, -0.05) is 48.0 Å². The molecule has 27 heavy (non-hydrogen) atoms. The zero-order chi connectivity index (χ0) is 19.2. The molecule has 6 heteroatoms. The molecule has 1 aliphatic heterocycles. The number of hydrogen-bond acceptors (Lipinski definition) is 3. The van der Waals surface area contributed by atoms with Gasteiger partial charge in [0.1, 0.15) is 0 Å². The highest BCUT2D eigenvalue weighted by Crippen LogP contribution is 2.28. The fraction of sp³-hybridized carbons (Fsp3) is 0.333. The van der Waals surface area contributed by atoms with Gasteiger partial charge in [-0.15, -0.1) is 0 Å². The SMILES string of the molecule is COCCN(Cc1ccccc1)C(=O)C1CC(=O)N(c2cccc(Cl)c2)C1. The van der Waals surface area contributed by atoms with Crippen LogP contribution in [0.2, 0.25) is 5.02 Å². The number of halogens is 1. The third kappa shape index (κ3) is 4.87. The van der Waals surface area contributed by atoms with Gasteiger partial charge in [0.2, 0.25) is 11.8 Å². The molecule has 1 aliphatic rings. The van der Waals surface area contributed by atoms with Gasteiger partial charge in [-0.25, -0.2) is 0 Å². The molecule has 1 unspecified atom stereocenters. The van der Waals surface area contributed by atoms with E-state index >= 15 is 0 Å². The highest BCUT2D eigenvalue weighted by Gasteiger charge is 2.37. The van der Waals surface area contributed by atoms with Gasteiger partial charge in [-0.05, 0) is 23.8 Å². The summed E-state index contributed by atoms with van der Waals surface area (Å²) in [5, 5.41) is 0.570. The summed E-state index contributed by atoms with van der Waals surface area (Å²) in [5.74, 6) is -0.437. The summed E-state index contributed by atoms with van der Waals surface area (Å²) in [6.07, 6.45) is 0.212. The van der Waals surface area contributed by atoms with E-state index in [0.717, 1.165) is 11.3 Å². The quantitative estimate of drug-likeness (QED) is 0.733.